The second-order valence-electron chi connectivity index (χ2n) is 2.02. The lowest BCUT2D eigenvalue weighted by Crippen LogP contribution is -1.92. The maximum Gasteiger partial charge on any atom is 0.239 e. The molecule has 0 atom stereocenters. The molecule has 0 aliphatic rings. The van der Waals surface area contributed by atoms with Crippen LogP contribution in [0.4, 0.5) is 0 Å². The van der Waals surface area contributed by atoms with Crippen LogP contribution in [0.1, 0.15) is 5.76 Å². The van der Waals surface area contributed by atoms with Crippen molar-refractivity contribution in [3.63, 3.8) is 0 Å². The van der Waals surface area contributed by atoms with E-state index in [-0.39, 0.29) is 5.75 Å². The third-order valence-electron chi connectivity index (χ3n) is 1.01. The van der Waals surface area contributed by atoms with Gasteiger partial charge in [-0.3, -0.25) is 0 Å². The zero-order valence-electron chi connectivity index (χ0n) is 5.55. The molecule has 1 aromatic heterocycles. The second kappa shape index (κ2) is 3.69. The lowest BCUT2D eigenvalue weighted by atomic mass is 10.5. The SMILES string of the molecule is O=S(=O)(Cl)Cc1cc(Br)c(Br)o1. The molecule has 0 fully saturated rings. The van der Waals surface area contributed by atoms with E-state index in [2.05, 4.69) is 31.9 Å². The van der Waals surface area contributed by atoms with Gasteiger partial charge in [0.15, 0.2) is 4.67 Å². The molecule has 0 unspecified atom stereocenters. The molecule has 3 nitrogen and oxygen atoms in total. The van der Waals surface area contributed by atoms with Crippen LogP contribution in [0.5, 0.6) is 0 Å². The molecule has 0 saturated heterocycles. The van der Waals surface area contributed by atoms with Gasteiger partial charge in [-0.15, -0.1) is 0 Å². The zero-order valence-corrected chi connectivity index (χ0v) is 10.3. The Labute approximate surface area is 90.8 Å². The normalized spacial score (nSPS) is 11.9. The van der Waals surface area contributed by atoms with Gasteiger partial charge in [0.05, 0.1) is 4.47 Å². The summed E-state index contributed by atoms with van der Waals surface area (Å²) in [7, 11) is 1.47. The average Bonchev–Trinajstić information content (AvgIpc) is 2.07. The van der Waals surface area contributed by atoms with Gasteiger partial charge in [-0.2, -0.15) is 0 Å². The molecule has 0 aliphatic heterocycles. The summed E-state index contributed by atoms with van der Waals surface area (Å²) in [6.07, 6.45) is 0. The molecule has 1 heterocycles. The van der Waals surface area contributed by atoms with Gasteiger partial charge < -0.3 is 4.42 Å². The van der Waals surface area contributed by atoms with Crippen molar-refractivity contribution in [2.45, 2.75) is 5.75 Å². The molecule has 68 valence electrons. The molecule has 0 saturated carbocycles. The molecule has 0 amide bonds. The van der Waals surface area contributed by atoms with E-state index in [1.54, 1.807) is 6.07 Å². The van der Waals surface area contributed by atoms with Crippen LogP contribution in [-0.2, 0) is 14.8 Å². The molecule has 7 heteroatoms. The average molecular weight is 338 g/mol. The third kappa shape index (κ3) is 3.08. The van der Waals surface area contributed by atoms with E-state index < -0.39 is 9.05 Å². The summed E-state index contributed by atoms with van der Waals surface area (Å²) >= 11 is 6.22. The first-order chi connectivity index (χ1) is 5.38. The molecule has 0 spiro atoms. The smallest absolute Gasteiger partial charge is 0.239 e. The first-order valence-electron chi connectivity index (χ1n) is 2.74. The fourth-order valence-electron chi connectivity index (χ4n) is 0.632. The zero-order chi connectivity index (χ0) is 9.35. The highest BCUT2D eigenvalue weighted by Gasteiger charge is 2.13. The molecular formula is C5H3Br2ClO3S. The second-order valence-corrected chi connectivity index (χ2v) is 6.37. The summed E-state index contributed by atoms with van der Waals surface area (Å²) in [5.41, 5.74) is 0. The minimum absolute atomic E-state index is 0.295. The number of halogens is 3. The van der Waals surface area contributed by atoms with E-state index in [4.69, 9.17) is 15.1 Å². The Morgan fingerprint density at radius 2 is 2.08 bits per heavy atom. The van der Waals surface area contributed by atoms with Gasteiger partial charge in [-0.05, 0) is 37.9 Å². The van der Waals surface area contributed by atoms with Crippen LogP contribution in [0.25, 0.3) is 0 Å². The van der Waals surface area contributed by atoms with E-state index in [1.165, 1.54) is 0 Å². The monoisotopic (exact) mass is 336 g/mol. The summed E-state index contributed by atoms with van der Waals surface area (Å²) in [6.45, 7) is 0. The van der Waals surface area contributed by atoms with Crippen LogP contribution >= 0.6 is 42.5 Å². The molecule has 0 aliphatic carbocycles. The van der Waals surface area contributed by atoms with Gasteiger partial charge in [-0.1, -0.05) is 0 Å². The fraction of sp³-hybridized carbons (Fsp3) is 0.200. The Balaban J connectivity index is 2.92. The molecular weight excluding hydrogens is 335 g/mol. The Bertz CT molecular complexity index is 364. The van der Waals surface area contributed by atoms with E-state index in [1.807, 2.05) is 0 Å². The molecule has 12 heavy (non-hydrogen) atoms. The Morgan fingerprint density at radius 1 is 1.50 bits per heavy atom. The third-order valence-corrected chi connectivity index (χ3v) is 3.68. The van der Waals surface area contributed by atoms with Crippen molar-refractivity contribution < 1.29 is 12.8 Å². The van der Waals surface area contributed by atoms with Crippen LogP contribution in [0, 0.1) is 0 Å². The first-order valence-corrected chi connectivity index (χ1v) is 6.81. The standard InChI is InChI=1S/C5H3Br2ClO3S/c6-4-1-3(11-5(4)7)2-12(8,9)10/h1H,2H2. The van der Waals surface area contributed by atoms with Crippen LogP contribution in [0.2, 0.25) is 0 Å². The van der Waals surface area contributed by atoms with Crippen LogP contribution in [0.3, 0.4) is 0 Å². The number of rotatable bonds is 2. The molecule has 0 N–H and O–H groups in total. The van der Waals surface area contributed by atoms with Crippen molar-refractivity contribution in [2.24, 2.45) is 0 Å². The van der Waals surface area contributed by atoms with Crippen molar-refractivity contribution in [1.29, 1.82) is 0 Å². The number of furan rings is 1. The van der Waals surface area contributed by atoms with Gasteiger partial charge in [0.2, 0.25) is 9.05 Å². The van der Waals surface area contributed by atoms with Crippen molar-refractivity contribution >= 4 is 51.6 Å². The van der Waals surface area contributed by atoms with Crippen LogP contribution in [-0.4, -0.2) is 8.42 Å². The summed E-state index contributed by atoms with van der Waals surface area (Å²) in [6, 6.07) is 1.55. The first kappa shape index (κ1) is 10.6. The predicted octanol–water partition coefficient (Wildman–Crippen LogP) is 2.87. The summed E-state index contributed by atoms with van der Waals surface area (Å²) < 4.78 is 27.3. The molecule has 1 aromatic rings. The van der Waals surface area contributed by atoms with E-state index in [0.29, 0.717) is 14.9 Å². The lowest BCUT2D eigenvalue weighted by Gasteiger charge is -1.88. The van der Waals surface area contributed by atoms with Crippen molar-refractivity contribution in [1.82, 2.24) is 0 Å². The largest absolute Gasteiger partial charge is 0.452 e. The van der Waals surface area contributed by atoms with Crippen LogP contribution < -0.4 is 0 Å². The Morgan fingerprint density at radius 3 is 2.42 bits per heavy atom. The summed E-state index contributed by atoms with van der Waals surface area (Å²) in [5.74, 6) is -0.0117. The molecule has 0 radical (unpaired) electrons. The van der Waals surface area contributed by atoms with E-state index in [0.717, 1.165) is 0 Å². The highest BCUT2D eigenvalue weighted by Crippen LogP contribution is 2.28. The van der Waals surface area contributed by atoms with Crippen molar-refractivity contribution in [2.75, 3.05) is 0 Å². The van der Waals surface area contributed by atoms with Gasteiger partial charge in [-0.25, -0.2) is 8.42 Å². The van der Waals surface area contributed by atoms with Crippen LogP contribution in [0.15, 0.2) is 19.6 Å². The predicted molar refractivity (Wildman–Crippen MR) is 52.6 cm³/mol. The summed E-state index contributed by atoms with van der Waals surface area (Å²) in [5, 5.41) is 0. The lowest BCUT2D eigenvalue weighted by molar-refractivity contribution is 0.500. The quantitative estimate of drug-likeness (QED) is 0.779. The van der Waals surface area contributed by atoms with E-state index in [9.17, 15) is 8.42 Å². The maximum absolute atomic E-state index is 10.6. The van der Waals surface area contributed by atoms with Gasteiger partial charge in [0.1, 0.15) is 11.5 Å². The van der Waals surface area contributed by atoms with E-state index >= 15 is 0 Å². The minimum atomic E-state index is -3.54. The fourth-order valence-corrected chi connectivity index (χ4v) is 2.10. The van der Waals surface area contributed by atoms with Gasteiger partial charge >= 0.3 is 0 Å². The molecule has 0 aromatic carbocycles. The number of hydrogen-bond acceptors (Lipinski definition) is 3. The van der Waals surface area contributed by atoms with Crippen molar-refractivity contribution in [3.05, 3.63) is 21.0 Å². The number of hydrogen-bond donors (Lipinski definition) is 0. The summed E-state index contributed by atoms with van der Waals surface area (Å²) in [4.78, 5) is 0. The van der Waals surface area contributed by atoms with Gasteiger partial charge in [0.25, 0.3) is 0 Å². The molecule has 1 rings (SSSR count). The molecule has 0 bridgehead atoms. The highest BCUT2D eigenvalue weighted by atomic mass is 79.9. The highest BCUT2D eigenvalue weighted by molar-refractivity contribution is 9.13. The minimum Gasteiger partial charge on any atom is -0.452 e. The maximum atomic E-state index is 10.6. The topological polar surface area (TPSA) is 47.3 Å². The van der Waals surface area contributed by atoms with Crippen molar-refractivity contribution in [3.8, 4) is 0 Å². The Kier molecular flexibility index (Phi) is 3.25. The Hall–Kier alpha value is 0.480. The van der Waals surface area contributed by atoms with Gasteiger partial charge in [0, 0.05) is 10.7 Å².